The second-order valence-corrected chi connectivity index (χ2v) is 8.49. The Bertz CT molecular complexity index is 924. The van der Waals surface area contributed by atoms with Crippen molar-refractivity contribution in [2.45, 2.75) is 38.0 Å². The van der Waals surface area contributed by atoms with E-state index < -0.39 is 0 Å². The normalized spacial score (nSPS) is 25.7. The van der Waals surface area contributed by atoms with Crippen LogP contribution in [0.2, 0.25) is 0 Å². The van der Waals surface area contributed by atoms with Crippen molar-refractivity contribution >= 4 is 23.3 Å². The highest BCUT2D eigenvalue weighted by Crippen LogP contribution is 2.42. The standard InChI is InChI=1S/C24H27N3O2/c28-23-20-7-3-2-6-19(20)21(15-25-23)16-9-11-18(12-10-16)26-24(29)27-14-13-17-5-1-4-8-22(17)27/h1,4-5,8-12,19-21H,2-3,6-7,13-15H2,(H,25,28)(H,26,29). The molecule has 0 bridgehead atoms. The van der Waals surface area contributed by atoms with Gasteiger partial charge in [0.25, 0.3) is 0 Å². The van der Waals surface area contributed by atoms with E-state index >= 15 is 0 Å². The molecule has 0 radical (unpaired) electrons. The van der Waals surface area contributed by atoms with Crippen LogP contribution < -0.4 is 15.5 Å². The molecule has 29 heavy (non-hydrogen) atoms. The third-order valence-corrected chi connectivity index (χ3v) is 6.89. The minimum absolute atomic E-state index is 0.0834. The SMILES string of the molecule is O=C1NCC(c2ccc(NC(=O)N3CCc4ccccc43)cc2)C2CCCCC12. The molecule has 0 aromatic heterocycles. The molecule has 3 atom stereocenters. The number of nitrogens with zero attached hydrogens (tertiary/aromatic N) is 1. The van der Waals surface area contributed by atoms with E-state index in [2.05, 4.69) is 28.8 Å². The van der Waals surface area contributed by atoms with Gasteiger partial charge in [-0.15, -0.1) is 0 Å². The molecule has 1 saturated heterocycles. The maximum Gasteiger partial charge on any atom is 0.326 e. The number of hydrogen-bond acceptors (Lipinski definition) is 2. The summed E-state index contributed by atoms with van der Waals surface area (Å²) in [4.78, 5) is 26.8. The molecule has 5 nitrogen and oxygen atoms in total. The summed E-state index contributed by atoms with van der Waals surface area (Å²) in [5, 5.41) is 6.14. The lowest BCUT2D eigenvalue weighted by molar-refractivity contribution is -0.130. The van der Waals surface area contributed by atoms with Crippen molar-refractivity contribution in [3.8, 4) is 0 Å². The van der Waals surface area contributed by atoms with Crippen LogP contribution in [0.4, 0.5) is 16.2 Å². The van der Waals surface area contributed by atoms with Crippen molar-refractivity contribution in [1.29, 1.82) is 0 Å². The van der Waals surface area contributed by atoms with E-state index in [-0.39, 0.29) is 17.9 Å². The Hall–Kier alpha value is -2.82. The average molecular weight is 389 g/mol. The van der Waals surface area contributed by atoms with Crippen LogP contribution in [0, 0.1) is 11.8 Å². The third kappa shape index (κ3) is 3.39. The van der Waals surface area contributed by atoms with Crippen molar-refractivity contribution in [3.63, 3.8) is 0 Å². The van der Waals surface area contributed by atoms with E-state index in [0.29, 0.717) is 18.4 Å². The Kier molecular flexibility index (Phi) is 4.74. The number of piperidine rings is 1. The van der Waals surface area contributed by atoms with Gasteiger partial charge in [-0.2, -0.15) is 0 Å². The summed E-state index contributed by atoms with van der Waals surface area (Å²) in [6.07, 6.45) is 5.43. The molecule has 3 unspecified atom stereocenters. The van der Waals surface area contributed by atoms with Gasteiger partial charge in [-0.1, -0.05) is 43.2 Å². The summed E-state index contributed by atoms with van der Waals surface area (Å²) < 4.78 is 0. The molecule has 5 heteroatoms. The van der Waals surface area contributed by atoms with E-state index in [1.807, 2.05) is 35.2 Å². The molecule has 2 aliphatic heterocycles. The number of carbonyl (C=O) groups excluding carboxylic acids is 2. The van der Waals surface area contributed by atoms with Crippen molar-refractivity contribution < 1.29 is 9.59 Å². The van der Waals surface area contributed by atoms with Gasteiger partial charge in [0, 0.05) is 36.3 Å². The summed E-state index contributed by atoms with van der Waals surface area (Å²) in [5.41, 5.74) is 4.29. The zero-order valence-corrected chi connectivity index (χ0v) is 16.6. The number of rotatable bonds is 2. The van der Waals surface area contributed by atoms with Gasteiger partial charge in [-0.3, -0.25) is 9.69 Å². The lowest BCUT2D eigenvalue weighted by Crippen LogP contribution is -2.47. The second kappa shape index (κ2) is 7.54. The van der Waals surface area contributed by atoms with Crippen LogP contribution in [0.3, 0.4) is 0 Å². The predicted molar refractivity (Wildman–Crippen MR) is 114 cm³/mol. The molecule has 2 aromatic carbocycles. The van der Waals surface area contributed by atoms with Gasteiger partial charge in [0.15, 0.2) is 0 Å². The number of fused-ring (bicyclic) bond motifs is 2. The van der Waals surface area contributed by atoms with Gasteiger partial charge in [0.05, 0.1) is 0 Å². The van der Waals surface area contributed by atoms with Crippen LogP contribution in [-0.4, -0.2) is 25.0 Å². The Morgan fingerprint density at radius 1 is 1.00 bits per heavy atom. The second-order valence-electron chi connectivity index (χ2n) is 8.49. The van der Waals surface area contributed by atoms with Gasteiger partial charge in [0.1, 0.15) is 0 Å². The number of amides is 3. The fourth-order valence-electron chi connectivity index (χ4n) is 5.38. The predicted octanol–water partition coefficient (Wildman–Crippen LogP) is 4.30. The highest BCUT2D eigenvalue weighted by Gasteiger charge is 2.40. The Labute approximate surface area is 171 Å². The van der Waals surface area contributed by atoms with Crippen LogP contribution in [-0.2, 0) is 11.2 Å². The maximum atomic E-state index is 12.8. The first-order valence-corrected chi connectivity index (χ1v) is 10.7. The van der Waals surface area contributed by atoms with Crippen LogP contribution in [0.25, 0.3) is 0 Å². The van der Waals surface area contributed by atoms with Gasteiger partial charge in [0.2, 0.25) is 5.91 Å². The summed E-state index contributed by atoms with van der Waals surface area (Å²) in [6, 6.07) is 16.2. The van der Waals surface area contributed by atoms with E-state index in [1.165, 1.54) is 17.5 Å². The van der Waals surface area contributed by atoms with Gasteiger partial charge < -0.3 is 10.6 Å². The average Bonchev–Trinajstić information content (AvgIpc) is 3.19. The molecular formula is C24H27N3O2. The molecule has 2 N–H and O–H groups in total. The fourth-order valence-corrected chi connectivity index (χ4v) is 5.38. The quantitative estimate of drug-likeness (QED) is 0.804. The summed E-state index contributed by atoms with van der Waals surface area (Å²) in [5.74, 6) is 1.21. The molecule has 150 valence electrons. The van der Waals surface area contributed by atoms with E-state index in [9.17, 15) is 9.59 Å². The summed E-state index contributed by atoms with van der Waals surface area (Å²) in [7, 11) is 0. The van der Waals surface area contributed by atoms with Crippen LogP contribution >= 0.6 is 0 Å². The first-order valence-electron chi connectivity index (χ1n) is 10.7. The minimum Gasteiger partial charge on any atom is -0.355 e. The van der Waals surface area contributed by atoms with Crippen molar-refractivity contribution in [2.75, 3.05) is 23.3 Å². The van der Waals surface area contributed by atoms with E-state index in [1.54, 1.807) is 0 Å². The lowest BCUT2D eigenvalue weighted by atomic mass is 9.68. The first kappa shape index (κ1) is 18.2. The molecule has 0 spiro atoms. The van der Waals surface area contributed by atoms with Gasteiger partial charge in [-0.25, -0.2) is 4.79 Å². The topological polar surface area (TPSA) is 61.4 Å². The largest absolute Gasteiger partial charge is 0.355 e. The lowest BCUT2D eigenvalue weighted by Gasteiger charge is -2.41. The molecule has 5 rings (SSSR count). The molecule has 1 saturated carbocycles. The van der Waals surface area contributed by atoms with Gasteiger partial charge >= 0.3 is 6.03 Å². The van der Waals surface area contributed by atoms with Crippen molar-refractivity contribution in [1.82, 2.24) is 5.32 Å². The van der Waals surface area contributed by atoms with Gasteiger partial charge in [-0.05, 0) is 54.5 Å². The van der Waals surface area contributed by atoms with Crippen molar-refractivity contribution in [3.05, 3.63) is 59.7 Å². The molecule has 2 heterocycles. The highest BCUT2D eigenvalue weighted by atomic mass is 16.2. The first-order chi connectivity index (χ1) is 14.2. The Morgan fingerprint density at radius 3 is 2.66 bits per heavy atom. The number of nitrogens with one attached hydrogen (secondary N) is 2. The number of hydrogen-bond donors (Lipinski definition) is 2. The number of carbonyl (C=O) groups is 2. The monoisotopic (exact) mass is 389 g/mol. The number of urea groups is 1. The molecule has 3 aliphatic rings. The zero-order valence-electron chi connectivity index (χ0n) is 16.6. The third-order valence-electron chi connectivity index (χ3n) is 6.89. The van der Waals surface area contributed by atoms with E-state index in [4.69, 9.17) is 0 Å². The molecule has 1 aliphatic carbocycles. The van der Waals surface area contributed by atoms with E-state index in [0.717, 1.165) is 43.6 Å². The maximum absolute atomic E-state index is 12.8. The smallest absolute Gasteiger partial charge is 0.326 e. The Morgan fingerprint density at radius 2 is 1.79 bits per heavy atom. The fraction of sp³-hybridized carbons (Fsp3) is 0.417. The summed E-state index contributed by atoms with van der Waals surface area (Å²) in [6.45, 7) is 1.43. The van der Waals surface area contributed by atoms with Crippen LogP contribution in [0.15, 0.2) is 48.5 Å². The Balaban J connectivity index is 1.28. The van der Waals surface area contributed by atoms with Crippen LogP contribution in [0.5, 0.6) is 0 Å². The molecular weight excluding hydrogens is 362 g/mol. The molecule has 3 amide bonds. The number of para-hydroxylation sites is 1. The number of benzene rings is 2. The molecule has 2 aromatic rings. The zero-order chi connectivity index (χ0) is 19.8. The van der Waals surface area contributed by atoms with Crippen LogP contribution in [0.1, 0.15) is 42.7 Å². The summed E-state index contributed by atoms with van der Waals surface area (Å²) >= 11 is 0. The molecule has 2 fully saturated rings. The number of anilines is 2. The highest BCUT2D eigenvalue weighted by molar-refractivity contribution is 6.03. The van der Waals surface area contributed by atoms with Crippen molar-refractivity contribution in [2.24, 2.45) is 11.8 Å². The minimum atomic E-state index is -0.0834.